The smallest absolute Gasteiger partial charge is 0.228 e. The number of pyridine rings is 1. The fourth-order valence-corrected chi connectivity index (χ4v) is 1.98. The molecule has 0 saturated heterocycles. The van der Waals surface area contributed by atoms with E-state index in [2.05, 4.69) is 4.98 Å². The Kier molecular flexibility index (Phi) is 4.35. The number of hydrogen-bond acceptors (Lipinski definition) is 3. The fourth-order valence-electron chi connectivity index (χ4n) is 1.80. The summed E-state index contributed by atoms with van der Waals surface area (Å²) in [4.78, 5) is 17.8. The van der Waals surface area contributed by atoms with Crippen molar-refractivity contribution in [3.8, 4) is 0 Å². The molecule has 0 aliphatic carbocycles. The largest absolute Gasteiger partial charge is 0.395 e. The van der Waals surface area contributed by atoms with Gasteiger partial charge in [0.1, 0.15) is 0 Å². The lowest BCUT2D eigenvalue weighted by molar-refractivity contribution is -0.129. The second-order valence-electron chi connectivity index (χ2n) is 4.36. The van der Waals surface area contributed by atoms with E-state index in [9.17, 15) is 4.79 Å². The topological polar surface area (TPSA) is 53.4 Å². The predicted molar refractivity (Wildman–Crippen MR) is 75.2 cm³/mol. The quantitative estimate of drug-likeness (QED) is 0.929. The van der Waals surface area contributed by atoms with Crippen molar-refractivity contribution in [1.29, 1.82) is 0 Å². The molecule has 1 aromatic heterocycles. The third-order valence-electron chi connectivity index (χ3n) is 2.90. The van der Waals surface area contributed by atoms with E-state index in [-0.39, 0.29) is 18.9 Å². The molecule has 1 heterocycles. The summed E-state index contributed by atoms with van der Waals surface area (Å²) in [6.07, 6.45) is 0.231. The summed E-state index contributed by atoms with van der Waals surface area (Å²) < 4.78 is 0. The zero-order valence-corrected chi connectivity index (χ0v) is 11.4. The molecule has 2 rings (SSSR count). The molecule has 0 aliphatic rings. The third-order valence-corrected chi connectivity index (χ3v) is 3.14. The van der Waals surface area contributed by atoms with Gasteiger partial charge in [0.2, 0.25) is 5.91 Å². The number of aliphatic hydroxyl groups excluding tert-OH is 1. The first-order chi connectivity index (χ1) is 9.10. The molecule has 0 radical (unpaired) electrons. The average molecular weight is 279 g/mol. The molecule has 5 heteroatoms. The summed E-state index contributed by atoms with van der Waals surface area (Å²) in [6, 6.07) is 9.18. The summed E-state index contributed by atoms with van der Waals surface area (Å²) in [5.41, 5.74) is 1.53. The number of carbonyl (C=O) groups excluding carboxylic acids is 1. The summed E-state index contributed by atoms with van der Waals surface area (Å²) in [7, 11) is 1.67. The van der Waals surface area contributed by atoms with Gasteiger partial charge in [-0.05, 0) is 24.3 Å². The van der Waals surface area contributed by atoms with Gasteiger partial charge < -0.3 is 10.0 Å². The Hall–Kier alpha value is -1.65. The first-order valence-corrected chi connectivity index (χ1v) is 6.38. The van der Waals surface area contributed by atoms with Gasteiger partial charge in [0.15, 0.2) is 0 Å². The standard InChI is InChI=1S/C14H15ClN2O2/c1-17(6-7-18)14(19)9-12-4-2-10-8-11(15)3-5-13(10)16-12/h2-5,8,18H,6-7,9H2,1H3. The number of halogens is 1. The van der Waals surface area contributed by atoms with E-state index in [0.717, 1.165) is 10.9 Å². The molecule has 100 valence electrons. The molecule has 1 amide bonds. The van der Waals surface area contributed by atoms with E-state index in [0.29, 0.717) is 17.3 Å². The Labute approximate surface area is 116 Å². The molecular weight excluding hydrogens is 264 g/mol. The number of carbonyl (C=O) groups is 1. The number of benzene rings is 1. The maximum Gasteiger partial charge on any atom is 0.228 e. The molecule has 0 unspecified atom stereocenters. The number of rotatable bonds is 4. The minimum absolute atomic E-state index is 0.0358. The van der Waals surface area contributed by atoms with Gasteiger partial charge in [-0.1, -0.05) is 17.7 Å². The van der Waals surface area contributed by atoms with Crippen molar-refractivity contribution in [3.63, 3.8) is 0 Å². The van der Waals surface area contributed by atoms with Crippen LogP contribution in [0.4, 0.5) is 0 Å². The van der Waals surface area contributed by atoms with Gasteiger partial charge in [0.05, 0.1) is 24.2 Å². The molecule has 0 spiro atoms. The van der Waals surface area contributed by atoms with E-state index in [1.165, 1.54) is 4.90 Å². The van der Waals surface area contributed by atoms with Crippen LogP contribution >= 0.6 is 11.6 Å². The fraction of sp³-hybridized carbons (Fsp3) is 0.286. The Morgan fingerprint density at radius 1 is 1.37 bits per heavy atom. The molecule has 0 bridgehead atoms. The SMILES string of the molecule is CN(CCO)C(=O)Cc1ccc2cc(Cl)ccc2n1. The number of aromatic nitrogens is 1. The molecule has 19 heavy (non-hydrogen) atoms. The van der Waals surface area contributed by atoms with Crippen LogP contribution in [0.2, 0.25) is 5.02 Å². The summed E-state index contributed by atoms with van der Waals surface area (Å²) >= 11 is 5.91. The van der Waals surface area contributed by atoms with Crippen LogP contribution in [0.3, 0.4) is 0 Å². The number of aliphatic hydroxyl groups is 1. The lowest BCUT2D eigenvalue weighted by Crippen LogP contribution is -2.30. The molecule has 1 aromatic carbocycles. The van der Waals surface area contributed by atoms with Gasteiger partial charge in [-0.15, -0.1) is 0 Å². The van der Waals surface area contributed by atoms with Crippen molar-refractivity contribution < 1.29 is 9.90 Å². The van der Waals surface area contributed by atoms with Gasteiger partial charge in [0, 0.05) is 24.0 Å². The molecule has 0 saturated carbocycles. The lowest BCUT2D eigenvalue weighted by Gasteiger charge is -2.15. The molecule has 1 N–H and O–H groups in total. The summed E-state index contributed by atoms with van der Waals surface area (Å²) in [5.74, 6) is -0.0603. The van der Waals surface area contributed by atoms with Crippen molar-refractivity contribution in [1.82, 2.24) is 9.88 Å². The van der Waals surface area contributed by atoms with Crippen molar-refractivity contribution in [2.75, 3.05) is 20.2 Å². The van der Waals surface area contributed by atoms with Crippen LogP contribution in [0.1, 0.15) is 5.69 Å². The monoisotopic (exact) mass is 278 g/mol. The van der Waals surface area contributed by atoms with Gasteiger partial charge >= 0.3 is 0 Å². The zero-order chi connectivity index (χ0) is 13.8. The van der Waals surface area contributed by atoms with Crippen LogP contribution < -0.4 is 0 Å². The van der Waals surface area contributed by atoms with Crippen LogP contribution in [0.5, 0.6) is 0 Å². The lowest BCUT2D eigenvalue weighted by atomic mass is 10.1. The highest BCUT2D eigenvalue weighted by atomic mass is 35.5. The first-order valence-electron chi connectivity index (χ1n) is 6.00. The highest BCUT2D eigenvalue weighted by Gasteiger charge is 2.10. The molecule has 0 aliphatic heterocycles. The maximum absolute atomic E-state index is 11.8. The molecular formula is C14H15ClN2O2. The third kappa shape index (κ3) is 3.43. The average Bonchev–Trinajstić information content (AvgIpc) is 2.39. The van der Waals surface area contributed by atoms with Gasteiger partial charge in [-0.2, -0.15) is 0 Å². The van der Waals surface area contributed by atoms with E-state index in [4.69, 9.17) is 16.7 Å². The number of hydrogen-bond donors (Lipinski definition) is 1. The second-order valence-corrected chi connectivity index (χ2v) is 4.79. The van der Waals surface area contributed by atoms with Gasteiger partial charge in [-0.25, -0.2) is 0 Å². The Balaban J connectivity index is 2.17. The molecule has 0 atom stereocenters. The van der Waals surface area contributed by atoms with Crippen LogP contribution in [0.25, 0.3) is 10.9 Å². The Morgan fingerprint density at radius 3 is 2.89 bits per heavy atom. The van der Waals surface area contributed by atoms with Crippen molar-refractivity contribution >= 4 is 28.4 Å². The zero-order valence-electron chi connectivity index (χ0n) is 10.6. The van der Waals surface area contributed by atoms with Crippen molar-refractivity contribution in [2.24, 2.45) is 0 Å². The highest BCUT2D eigenvalue weighted by Crippen LogP contribution is 2.18. The molecule has 0 fully saturated rings. The van der Waals surface area contributed by atoms with E-state index in [1.807, 2.05) is 24.3 Å². The maximum atomic E-state index is 11.8. The molecule has 4 nitrogen and oxygen atoms in total. The number of nitrogens with zero attached hydrogens (tertiary/aromatic N) is 2. The first kappa shape index (κ1) is 13.8. The minimum Gasteiger partial charge on any atom is -0.395 e. The van der Waals surface area contributed by atoms with Crippen LogP contribution in [0, 0.1) is 0 Å². The summed E-state index contributed by atoms with van der Waals surface area (Å²) in [5, 5.41) is 10.4. The molecule has 2 aromatic rings. The van der Waals surface area contributed by atoms with Gasteiger partial charge in [0.25, 0.3) is 0 Å². The number of fused-ring (bicyclic) bond motifs is 1. The van der Waals surface area contributed by atoms with Gasteiger partial charge in [-0.3, -0.25) is 9.78 Å². The van der Waals surface area contributed by atoms with E-state index < -0.39 is 0 Å². The van der Waals surface area contributed by atoms with Crippen molar-refractivity contribution in [2.45, 2.75) is 6.42 Å². The van der Waals surface area contributed by atoms with E-state index in [1.54, 1.807) is 13.1 Å². The van der Waals surface area contributed by atoms with Crippen LogP contribution in [-0.2, 0) is 11.2 Å². The Bertz CT molecular complexity index is 601. The van der Waals surface area contributed by atoms with Crippen molar-refractivity contribution in [3.05, 3.63) is 41.0 Å². The predicted octanol–water partition coefficient (Wildman–Crippen LogP) is 1.88. The van der Waals surface area contributed by atoms with Crippen LogP contribution in [0.15, 0.2) is 30.3 Å². The highest BCUT2D eigenvalue weighted by molar-refractivity contribution is 6.31. The second kappa shape index (κ2) is 5.99. The summed E-state index contributed by atoms with van der Waals surface area (Å²) in [6.45, 7) is 0.300. The van der Waals surface area contributed by atoms with E-state index >= 15 is 0 Å². The van der Waals surface area contributed by atoms with Crippen LogP contribution in [-0.4, -0.2) is 41.1 Å². The number of likely N-dealkylation sites (N-methyl/N-ethyl adjacent to an activating group) is 1. The Morgan fingerprint density at radius 2 is 2.16 bits per heavy atom. The normalized spacial score (nSPS) is 10.7. The minimum atomic E-state index is -0.0603. The number of amides is 1.